The van der Waals surface area contributed by atoms with Crippen molar-refractivity contribution in [3.8, 4) is 0 Å². The van der Waals surface area contributed by atoms with Crippen LogP contribution in [0.1, 0.15) is 26.2 Å². The van der Waals surface area contributed by atoms with E-state index < -0.39 is 11.9 Å². The minimum absolute atomic E-state index is 0.0541. The summed E-state index contributed by atoms with van der Waals surface area (Å²) in [6.45, 7) is 4.68. The Morgan fingerprint density at radius 2 is 2.10 bits per heavy atom. The van der Waals surface area contributed by atoms with Crippen LogP contribution in [0, 0.1) is 5.92 Å². The Morgan fingerprint density at radius 3 is 2.76 bits per heavy atom. The third kappa shape index (κ3) is 7.96. The Morgan fingerprint density at radius 1 is 1.33 bits per heavy atom. The van der Waals surface area contributed by atoms with Gasteiger partial charge in [0.2, 0.25) is 11.8 Å². The van der Waals surface area contributed by atoms with Gasteiger partial charge in [0.1, 0.15) is 0 Å². The molecule has 0 aromatic carbocycles. The molecule has 21 heavy (non-hydrogen) atoms. The molecule has 0 unspecified atom stereocenters. The number of rotatable bonds is 8. The molecule has 0 atom stereocenters. The summed E-state index contributed by atoms with van der Waals surface area (Å²) in [6, 6.07) is -0.477. The molecule has 0 aliphatic heterocycles. The average Bonchev–Trinajstić information content (AvgIpc) is 2.84. The molecule has 0 spiro atoms. The zero-order chi connectivity index (χ0) is 15.7. The standard InChI is InChI=1S/C12H20N4O3S2/c1-8(2)4-5-13-11(18)14-9(17)6-21-12-16-15-10(19-12)7-20-3/h8H,4-7H2,1-3H3,(H2,13,14,17,18). The number of nitrogens with one attached hydrogen (secondary N) is 2. The lowest BCUT2D eigenvalue weighted by molar-refractivity contribution is -0.117. The third-order valence-corrected chi connectivity index (χ3v) is 3.66. The molecule has 7 nitrogen and oxygen atoms in total. The van der Waals surface area contributed by atoms with Gasteiger partial charge in [0.05, 0.1) is 11.5 Å². The van der Waals surface area contributed by atoms with Crippen LogP contribution >= 0.6 is 23.5 Å². The van der Waals surface area contributed by atoms with Gasteiger partial charge in [-0.15, -0.1) is 10.2 Å². The third-order valence-electron chi connectivity index (χ3n) is 2.30. The van der Waals surface area contributed by atoms with Crippen LogP contribution in [0.15, 0.2) is 9.64 Å². The molecule has 0 bridgehead atoms. The van der Waals surface area contributed by atoms with Gasteiger partial charge in [-0.3, -0.25) is 10.1 Å². The van der Waals surface area contributed by atoms with Gasteiger partial charge in [0.15, 0.2) is 0 Å². The number of hydrogen-bond acceptors (Lipinski definition) is 7. The summed E-state index contributed by atoms with van der Waals surface area (Å²) in [6.07, 6.45) is 2.80. The SMILES string of the molecule is CSCc1nnc(SCC(=O)NC(=O)NCCC(C)C)o1. The molecule has 0 radical (unpaired) electrons. The van der Waals surface area contributed by atoms with E-state index in [9.17, 15) is 9.59 Å². The van der Waals surface area contributed by atoms with Gasteiger partial charge < -0.3 is 9.73 Å². The van der Waals surface area contributed by atoms with Gasteiger partial charge in [0, 0.05) is 6.54 Å². The summed E-state index contributed by atoms with van der Waals surface area (Å²) >= 11 is 2.68. The lowest BCUT2D eigenvalue weighted by Crippen LogP contribution is -2.40. The summed E-state index contributed by atoms with van der Waals surface area (Å²) in [4.78, 5) is 23.0. The first-order valence-electron chi connectivity index (χ1n) is 6.53. The summed E-state index contributed by atoms with van der Waals surface area (Å²) in [7, 11) is 0. The fraction of sp³-hybridized carbons (Fsp3) is 0.667. The molecule has 0 saturated heterocycles. The number of aromatic nitrogens is 2. The topological polar surface area (TPSA) is 97.1 Å². The highest BCUT2D eigenvalue weighted by Crippen LogP contribution is 2.17. The van der Waals surface area contributed by atoms with E-state index in [2.05, 4.69) is 34.7 Å². The molecular formula is C12H20N4O3S2. The largest absolute Gasteiger partial charge is 0.415 e. The first kappa shape index (κ1) is 17.8. The minimum Gasteiger partial charge on any atom is -0.415 e. The Kier molecular flexibility index (Phi) is 8.21. The maximum absolute atomic E-state index is 11.6. The number of carbonyl (C=O) groups excluding carboxylic acids is 2. The monoisotopic (exact) mass is 332 g/mol. The molecule has 3 amide bonds. The van der Waals surface area contributed by atoms with E-state index >= 15 is 0 Å². The molecular weight excluding hydrogens is 312 g/mol. The number of imide groups is 1. The number of hydrogen-bond donors (Lipinski definition) is 2. The fourth-order valence-electron chi connectivity index (χ4n) is 1.29. The molecule has 2 N–H and O–H groups in total. The molecule has 1 heterocycles. The smallest absolute Gasteiger partial charge is 0.321 e. The number of urea groups is 1. The summed E-state index contributed by atoms with van der Waals surface area (Å²) in [5, 5.41) is 12.8. The van der Waals surface area contributed by atoms with Gasteiger partial charge in [-0.1, -0.05) is 25.6 Å². The van der Waals surface area contributed by atoms with Crippen molar-refractivity contribution in [3.63, 3.8) is 0 Å². The highest BCUT2D eigenvalue weighted by Gasteiger charge is 2.11. The maximum atomic E-state index is 11.6. The van der Waals surface area contributed by atoms with Crippen LogP contribution in [0.3, 0.4) is 0 Å². The van der Waals surface area contributed by atoms with E-state index in [0.29, 0.717) is 29.3 Å². The van der Waals surface area contributed by atoms with Crippen LogP contribution < -0.4 is 10.6 Å². The van der Waals surface area contributed by atoms with Gasteiger partial charge >= 0.3 is 6.03 Å². The molecule has 0 aliphatic carbocycles. The van der Waals surface area contributed by atoms with Crippen LogP contribution in [-0.2, 0) is 10.5 Å². The van der Waals surface area contributed by atoms with Crippen LogP contribution in [0.5, 0.6) is 0 Å². The lowest BCUT2D eigenvalue weighted by atomic mass is 10.1. The Labute approximate surface area is 132 Å². The molecule has 1 rings (SSSR count). The Bertz CT molecular complexity index is 465. The highest BCUT2D eigenvalue weighted by molar-refractivity contribution is 7.99. The molecule has 1 aromatic rings. The molecule has 9 heteroatoms. The molecule has 0 fully saturated rings. The molecule has 1 aromatic heterocycles. The maximum Gasteiger partial charge on any atom is 0.321 e. The summed E-state index contributed by atoms with van der Waals surface area (Å²) in [5.74, 6) is 1.32. The van der Waals surface area contributed by atoms with E-state index in [-0.39, 0.29) is 5.75 Å². The van der Waals surface area contributed by atoms with Crippen molar-refractivity contribution in [3.05, 3.63) is 5.89 Å². The fourth-order valence-corrected chi connectivity index (χ4v) is 2.23. The second kappa shape index (κ2) is 9.67. The van der Waals surface area contributed by atoms with E-state index in [0.717, 1.165) is 18.2 Å². The van der Waals surface area contributed by atoms with E-state index in [1.54, 1.807) is 11.8 Å². The van der Waals surface area contributed by atoms with Crippen molar-refractivity contribution in [1.82, 2.24) is 20.8 Å². The summed E-state index contributed by atoms with van der Waals surface area (Å²) in [5.41, 5.74) is 0. The summed E-state index contributed by atoms with van der Waals surface area (Å²) < 4.78 is 5.31. The quantitative estimate of drug-likeness (QED) is 0.702. The Hall–Kier alpha value is -1.22. The van der Waals surface area contributed by atoms with Crippen molar-refractivity contribution < 1.29 is 14.0 Å². The van der Waals surface area contributed by atoms with Crippen LogP contribution in [0.25, 0.3) is 0 Å². The van der Waals surface area contributed by atoms with Crippen molar-refractivity contribution in [2.75, 3.05) is 18.6 Å². The zero-order valence-electron chi connectivity index (χ0n) is 12.3. The molecule has 0 saturated carbocycles. The highest BCUT2D eigenvalue weighted by atomic mass is 32.2. The van der Waals surface area contributed by atoms with E-state index in [1.165, 1.54) is 0 Å². The lowest BCUT2D eigenvalue weighted by Gasteiger charge is -2.07. The second-order valence-electron chi connectivity index (χ2n) is 4.67. The van der Waals surface area contributed by atoms with Crippen LogP contribution in [0.2, 0.25) is 0 Å². The molecule has 0 aliphatic rings. The Balaban J connectivity index is 2.22. The van der Waals surface area contributed by atoms with Gasteiger partial charge in [-0.25, -0.2) is 4.79 Å². The predicted molar refractivity (Wildman–Crippen MR) is 83.2 cm³/mol. The van der Waals surface area contributed by atoms with Crippen molar-refractivity contribution in [1.29, 1.82) is 0 Å². The first-order valence-corrected chi connectivity index (χ1v) is 8.91. The number of carbonyl (C=O) groups is 2. The van der Waals surface area contributed by atoms with Crippen molar-refractivity contribution >= 4 is 35.5 Å². The number of nitrogens with zero attached hydrogens (tertiary/aromatic N) is 2. The first-order chi connectivity index (χ1) is 10.0. The minimum atomic E-state index is -0.477. The van der Waals surface area contributed by atoms with E-state index in [1.807, 2.05) is 6.26 Å². The second-order valence-corrected chi connectivity index (χ2v) is 6.46. The van der Waals surface area contributed by atoms with Gasteiger partial charge in [-0.05, 0) is 18.6 Å². The van der Waals surface area contributed by atoms with Crippen LogP contribution in [-0.4, -0.2) is 40.7 Å². The van der Waals surface area contributed by atoms with Gasteiger partial charge in [0.25, 0.3) is 5.22 Å². The average molecular weight is 332 g/mol. The normalized spacial score (nSPS) is 10.7. The van der Waals surface area contributed by atoms with E-state index in [4.69, 9.17) is 4.42 Å². The number of amides is 3. The number of thioether (sulfide) groups is 2. The van der Waals surface area contributed by atoms with Crippen molar-refractivity contribution in [2.24, 2.45) is 5.92 Å². The molecule has 118 valence electrons. The van der Waals surface area contributed by atoms with Crippen molar-refractivity contribution in [2.45, 2.75) is 31.2 Å². The van der Waals surface area contributed by atoms with Gasteiger partial charge in [-0.2, -0.15) is 11.8 Å². The predicted octanol–water partition coefficient (Wildman–Crippen LogP) is 1.90. The zero-order valence-corrected chi connectivity index (χ0v) is 14.0. The van der Waals surface area contributed by atoms with Crippen LogP contribution in [0.4, 0.5) is 4.79 Å².